The molecule has 0 aliphatic heterocycles. The quantitative estimate of drug-likeness (QED) is 0.837. The molecule has 2 amide bonds. The van der Waals surface area contributed by atoms with Crippen LogP contribution in [0.25, 0.3) is 0 Å². The highest BCUT2D eigenvalue weighted by atomic mass is 35.5. The number of amides is 2. The smallest absolute Gasteiger partial charge is 0.244 e. The normalized spacial score (nSPS) is 10.6. The lowest BCUT2D eigenvalue weighted by Crippen LogP contribution is -2.37. The van der Waals surface area contributed by atoms with E-state index in [1.165, 1.54) is 17.4 Å². The van der Waals surface area contributed by atoms with E-state index < -0.39 is 0 Å². The van der Waals surface area contributed by atoms with Crippen molar-refractivity contribution in [2.45, 2.75) is 33.6 Å². The topological polar surface area (TPSA) is 49.4 Å². The third-order valence-corrected chi connectivity index (χ3v) is 4.24. The standard InChI is InChI=1S/C20H23ClN2O2/c1-13(2)16-6-9-18(10-7-16)22-20(25)12-23(15(4)24)19-11-17(21)8-5-14(19)3/h5-11,13H,12H2,1-4H3,(H,22,25). The Hall–Kier alpha value is -2.33. The first-order valence-electron chi connectivity index (χ1n) is 8.22. The van der Waals surface area contributed by atoms with Crippen LogP contribution < -0.4 is 10.2 Å². The fourth-order valence-corrected chi connectivity index (χ4v) is 2.70. The molecule has 0 aliphatic carbocycles. The minimum absolute atomic E-state index is 0.0670. The Labute approximate surface area is 153 Å². The highest BCUT2D eigenvalue weighted by Gasteiger charge is 2.18. The summed E-state index contributed by atoms with van der Waals surface area (Å²) >= 11 is 6.03. The van der Waals surface area contributed by atoms with Gasteiger partial charge in [0.25, 0.3) is 0 Å². The monoisotopic (exact) mass is 358 g/mol. The highest BCUT2D eigenvalue weighted by molar-refractivity contribution is 6.31. The lowest BCUT2D eigenvalue weighted by Gasteiger charge is -2.23. The van der Waals surface area contributed by atoms with Gasteiger partial charge in [0.05, 0.1) is 0 Å². The predicted molar refractivity (Wildman–Crippen MR) is 103 cm³/mol. The molecule has 4 nitrogen and oxygen atoms in total. The van der Waals surface area contributed by atoms with Crippen LogP contribution in [0, 0.1) is 6.92 Å². The Morgan fingerprint density at radius 3 is 2.32 bits per heavy atom. The first-order valence-corrected chi connectivity index (χ1v) is 8.59. The predicted octanol–water partition coefficient (Wildman–Crippen LogP) is 4.76. The van der Waals surface area contributed by atoms with Crippen LogP contribution in [0.2, 0.25) is 5.02 Å². The number of halogens is 1. The van der Waals surface area contributed by atoms with Crippen LogP contribution >= 0.6 is 11.6 Å². The number of carbonyl (C=O) groups excluding carboxylic acids is 2. The van der Waals surface area contributed by atoms with E-state index >= 15 is 0 Å². The fourth-order valence-electron chi connectivity index (χ4n) is 2.53. The van der Waals surface area contributed by atoms with Gasteiger partial charge in [-0.15, -0.1) is 0 Å². The minimum Gasteiger partial charge on any atom is -0.325 e. The van der Waals surface area contributed by atoms with Crippen LogP contribution in [0.1, 0.15) is 37.8 Å². The van der Waals surface area contributed by atoms with Crippen molar-refractivity contribution in [2.75, 3.05) is 16.8 Å². The Bertz CT molecular complexity index is 770. The van der Waals surface area contributed by atoms with Gasteiger partial charge < -0.3 is 10.2 Å². The first kappa shape index (κ1) is 19.0. The molecule has 0 aliphatic rings. The van der Waals surface area contributed by atoms with Gasteiger partial charge in [-0.25, -0.2) is 0 Å². The fraction of sp³-hybridized carbons (Fsp3) is 0.300. The average molecular weight is 359 g/mol. The molecule has 0 radical (unpaired) electrons. The van der Waals surface area contributed by atoms with Gasteiger partial charge in [0.15, 0.2) is 0 Å². The van der Waals surface area contributed by atoms with Crippen molar-refractivity contribution in [3.05, 3.63) is 58.6 Å². The van der Waals surface area contributed by atoms with Crippen LogP contribution in [0.5, 0.6) is 0 Å². The van der Waals surface area contributed by atoms with E-state index in [2.05, 4.69) is 19.2 Å². The zero-order valence-corrected chi connectivity index (χ0v) is 15.7. The SMILES string of the molecule is CC(=O)N(CC(=O)Nc1ccc(C(C)C)cc1)c1cc(Cl)ccc1C. The maximum atomic E-state index is 12.4. The van der Waals surface area contributed by atoms with Crippen molar-refractivity contribution in [3.63, 3.8) is 0 Å². The molecule has 0 heterocycles. The first-order chi connectivity index (χ1) is 11.8. The van der Waals surface area contributed by atoms with E-state index in [0.717, 1.165) is 5.56 Å². The summed E-state index contributed by atoms with van der Waals surface area (Å²) in [6.07, 6.45) is 0. The molecule has 0 saturated heterocycles. The molecular weight excluding hydrogens is 336 g/mol. The molecule has 1 N–H and O–H groups in total. The van der Waals surface area contributed by atoms with E-state index in [0.29, 0.717) is 22.3 Å². The molecular formula is C20H23ClN2O2. The zero-order valence-electron chi connectivity index (χ0n) is 15.0. The molecule has 2 rings (SSSR count). The van der Waals surface area contributed by atoms with E-state index in [1.807, 2.05) is 37.3 Å². The maximum Gasteiger partial charge on any atom is 0.244 e. The molecule has 0 aromatic heterocycles. The van der Waals surface area contributed by atoms with Crippen LogP contribution in [-0.4, -0.2) is 18.4 Å². The van der Waals surface area contributed by atoms with Gasteiger partial charge in [-0.1, -0.05) is 43.6 Å². The number of hydrogen-bond acceptors (Lipinski definition) is 2. The number of hydrogen-bond donors (Lipinski definition) is 1. The molecule has 25 heavy (non-hydrogen) atoms. The number of nitrogens with one attached hydrogen (secondary N) is 1. The molecule has 0 fully saturated rings. The molecule has 0 saturated carbocycles. The Morgan fingerprint density at radius 1 is 1.12 bits per heavy atom. The van der Waals surface area contributed by atoms with Gasteiger partial charge in [-0.05, 0) is 48.2 Å². The van der Waals surface area contributed by atoms with Crippen LogP contribution in [-0.2, 0) is 9.59 Å². The van der Waals surface area contributed by atoms with E-state index in [4.69, 9.17) is 11.6 Å². The van der Waals surface area contributed by atoms with Crippen LogP contribution in [0.15, 0.2) is 42.5 Å². The Kier molecular flexibility index (Phi) is 6.21. The van der Waals surface area contributed by atoms with Gasteiger partial charge in [0.1, 0.15) is 6.54 Å². The summed E-state index contributed by atoms with van der Waals surface area (Å²) in [5.41, 5.74) is 3.44. The van der Waals surface area contributed by atoms with Crippen LogP contribution in [0.4, 0.5) is 11.4 Å². The van der Waals surface area contributed by atoms with Gasteiger partial charge in [-0.2, -0.15) is 0 Å². The minimum atomic E-state index is -0.258. The molecule has 0 bridgehead atoms. The van der Waals surface area contributed by atoms with Gasteiger partial charge in [-0.3, -0.25) is 9.59 Å². The zero-order chi connectivity index (χ0) is 18.6. The van der Waals surface area contributed by atoms with Crippen molar-refractivity contribution in [1.82, 2.24) is 0 Å². The third-order valence-electron chi connectivity index (χ3n) is 4.00. The summed E-state index contributed by atoms with van der Waals surface area (Å²) in [6, 6.07) is 13.0. The number of carbonyl (C=O) groups is 2. The molecule has 0 unspecified atom stereocenters. The average Bonchev–Trinajstić information content (AvgIpc) is 2.55. The van der Waals surface area contributed by atoms with Crippen molar-refractivity contribution in [3.8, 4) is 0 Å². The second kappa shape index (κ2) is 8.17. The number of benzene rings is 2. The summed E-state index contributed by atoms with van der Waals surface area (Å²) in [5.74, 6) is -0.0358. The lowest BCUT2D eigenvalue weighted by molar-refractivity contribution is -0.120. The summed E-state index contributed by atoms with van der Waals surface area (Å²) < 4.78 is 0. The summed E-state index contributed by atoms with van der Waals surface area (Å²) in [4.78, 5) is 25.8. The molecule has 0 atom stereocenters. The Morgan fingerprint density at radius 2 is 1.76 bits per heavy atom. The van der Waals surface area contributed by atoms with Crippen molar-refractivity contribution in [1.29, 1.82) is 0 Å². The largest absolute Gasteiger partial charge is 0.325 e. The summed E-state index contributed by atoms with van der Waals surface area (Å²) in [7, 11) is 0. The number of aryl methyl sites for hydroxylation is 1. The van der Waals surface area contributed by atoms with Crippen LogP contribution in [0.3, 0.4) is 0 Å². The Balaban J connectivity index is 2.13. The second-order valence-corrected chi connectivity index (χ2v) is 6.80. The number of rotatable bonds is 5. The van der Waals surface area contributed by atoms with Crippen molar-refractivity contribution >= 4 is 34.8 Å². The lowest BCUT2D eigenvalue weighted by atomic mass is 10.0. The number of anilines is 2. The van der Waals surface area contributed by atoms with Crippen molar-refractivity contribution < 1.29 is 9.59 Å². The van der Waals surface area contributed by atoms with E-state index in [1.54, 1.807) is 12.1 Å². The number of nitrogens with zero attached hydrogens (tertiary/aromatic N) is 1. The summed E-state index contributed by atoms with van der Waals surface area (Å²) in [5, 5.41) is 3.36. The maximum absolute atomic E-state index is 12.4. The van der Waals surface area contributed by atoms with E-state index in [-0.39, 0.29) is 18.4 Å². The third kappa shape index (κ3) is 5.07. The second-order valence-electron chi connectivity index (χ2n) is 6.36. The molecule has 2 aromatic carbocycles. The molecule has 5 heteroatoms. The summed E-state index contributed by atoms with van der Waals surface area (Å²) in [6.45, 7) is 7.48. The molecule has 132 valence electrons. The molecule has 2 aromatic rings. The molecule has 0 spiro atoms. The van der Waals surface area contributed by atoms with Gasteiger partial charge >= 0.3 is 0 Å². The van der Waals surface area contributed by atoms with Gasteiger partial charge in [0.2, 0.25) is 11.8 Å². The van der Waals surface area contributed by atoms with Gasteiger partial charge in [0, 0.05) is 23.3 Å². The van der Waals surface area contributed by atoms with E-state index in [9.17, 15) is 9.59 Å². The highest BCUT2D eigenvalue weighted by Crippen LogP contribution is 2.24. The van der Waals surface area contributed by atoms with Crippen molar-refractivity contribution in [2.24, 2.45) is 0 Å².